The van der Waals surface area contributed by atoms with Gasteiger partial charge in [0.25, 0.3) is 5.91 Å². The number of rotatable bonds is 11. The number of aromatic nitrogens is 4. The number of aromatic amines is 1. The van der Waals surface area contributed by atoms with Crippen LogP contribution < -0.4 is 19.5 Å². The Morgan fingerprint density at radius 2 is 1.94 bits per heavy atom. The van der Waals surface area contributed by atoms with Crippen LogP contribution in [0, 0.1) is 0 Å². The summed E-state index contributed by atoms with van der Waals surface area (Å²) in [7, 11) is 0. The number of hydrogen-bond acceptors (Lipinski definition) is 7. The van der Waals surface area contributed by atoms with Crippen molar-refractivity contribution in [3.8, 4) is 17.2 Å². The smallest absolute Gasteiger partial charge is 0.255 e. The molecule has 0 radical (unpaired) electrons. The number of H-pyrrole nitrogens is 1. The molecule has 0 bridgehead atoms. The largest absolute Gasteiger partial charge is 0.494 e. The third kappa shape index (κ3) is 6.13. The first kappa shape index (κ1) is 22.8. The Labute approximate surface area is 196 Å². The van der Waals surface area contributed by atoms with E-state index in [-0.39, 0.29) is 12.5 Å². The number of alkyl halides is 1. The summed E-state index contributed by atoms with van der Waals surface area (Å²) < 4.78 is 17.5. The van der Waals surface area contributed by atoms with Crippen LogP contribution in [0.3, 0.4) is 0 Å². The molecule has 4 rings (SSSR count). The first-order valence-electron chi connectivity index (χ1n) is 11.0. The Bertz CT molecular complexity index is 1030. The van der Waals surface area contributed by atoms with Crippen molar-refractivity contribution < 1.29 is 19.0 Å². The number of nitrogens with zero attached hydrogens (tertiary/aromatic N) is 3. The Morgan fingerprint density at radius 3 is 2.73 bits per heavy atom. The SMILES string of the molecule is O=C(Nc1cccc2c1OC(c1nn[nH]n1)CO2)c1ccc(OCCCCCCCCl)cc1. The van der Waals surface area contributed by atoms with Crippen LogP contribution in [0.2, 0.25) is 0 Å². The lowest BCUT2D eigenvalue weighted by Gasteiger charge is -2.26. The second kappa shape index (κ2) is 11.5. The minimum atomic E-state index is -0.522. The molecule has 1 aromatic heterocycles. The third-order valence-electron chi connectivity index (χ3n) is 5.19. The first-order chi connectivity index (χ1) is 16.2. The van der Waals surface area contributed by atoms with Crippen molar-refractivity contribution in [3.05, 3.63) is 53.9 Å². The minimum Gasteiger partial charge on any atom is -0.494 e. The maximum Gasteiger partial charge on any atom is 0.255 e. The molecule has 0 fully saturated rings. The van der Waals surface area contributed by atoms with Crippen LogP contribution in [-0.4, -0.2) is 45.6 Å². The molecule has 0 saturated carbocycles. The molecule has 0 saturated heterocycles. The van der Waals surface area contributed by atoms with Gasteiger partial charge in [-0.2, -0.15) is 5.21 Å². The molecule has 1 unspecified atom stereocenters. The van der Waals surface area contributed by atoms with Crippen LogP contribution in [0.25, 0.3) is 0 Å². The number of anilines is 1. The molecule has 2 N–H and O–H groups in total. The Morgan fingerprint density at radius 1 is 1.12 bits per heavy atom. The molecule has 2 aromatic carbocycles. The summed E-state index contributed by atoms with van der Waals surface area (Å²) in [5.74, 6) is 2.55. The summed E-state index contributed by atoms with van der Waals surface area (Å²) in [4.78, 5) is 12.8. The van der Waals surface area contributed by atoms with Crippen molar-refractivity contribution in [1.82, 2.24) is 20.6 Å². The number of carbonyl (C=O) groups excluding carboxylic acids is 1. The summed E-state index contributed by atoms with van der Waals surface area (Å²) in [6.45, 7) is 0.903. The topological polar surface area (TPSA) is 111 Å². The van der Waals surface area contributed by atoms with Gasteiger partial charge < -0.3 is 19.5 Å². The zero-order valence-corrected chi connectivity index (χ0v) is 18.9. The third-order valence-corrected chi connectivity index (χ3v) is 5.46. The highest BCUT2D eigenvalue weighted by Gasteiger charge is 2.28. The summed E-state index contributed by atoms with van der Waals surface area (Å²) in [5, 5.41) is 16.7. The molecule has 0 aliphatic carbocycles. The number of tetrazole rings is 1. The van der Waals surface area contributed by atoms with Gasteiger partial charge in [0.15, 0.2) is 17.6 Å². The van der Waals surface area contributed by atoms with Crippen LogP contribution in [-0.2, 0) is 0 Å². The fourth-order valence-corrected chi connectivity index (χ4v) is 3.63. The van der Waals surface area contributed by atoms with E-state index in [4.69, 9.17) is 25.8 Å². The second-order valence-electron chi connectivity index (χ2n) is 7.60. The number of para-hydroxylation sites is 1. The number of halogens is 1. The van der Waals surface area contributed by atoms with E-state index < -0.39 is 6.10 Å². The zero-order valence-electron chi connectivity index (χ0n) is 18.1. The van der Waals surface area contributed by atoms with Gasteiger partial charge in [-0.15, -0.1) is 21.8 Å². The average Bonchev–Trinajstić information content (AvgIpc) is 3.39. The van der Waals surface area contributed by atoms with Crippen molar-refractivity contribution in [1.29, 1.82) is 0 Å². The zero-order chi connectivity index (χ0) is 22.9. The van der Waals surface area contributed by atoms with Gasteiger partial charge in [0.2, 0.25) is 5.82 Å². The van der Waals surface area contributed by atoms with Crippen molar-refractivity contribution in [3.63, 3.8) is 0 Å². The number of ether oxygens (including phenoxy) is 3. The van der Waals surface area contributed by atoms with E-state index in [9.17, 15) is 4.79 Å². The first-order valence-corrected chi connectivity index (χ1v) is 11.5. The summed E-state index contributed by atoms with van der Waals surface area (Å²) in [6.07, 6.45) is 4.99. The number of unbranched alkanes of at least 4 members (excludes halogenated alkanes) is 4. The Balaban J connectivity index is 1.32. The molecule has 9 nitrogen and oxygen atoms in total. The fourth-order valence-electron chi connectivity index (χ4n) is 3.44. The molecule has 1 amide bonds. The van der Waals surface area contributed by atoms with Crippen LogP contribution >= 0.6 is 11.6 Å². The van der Waals surface area contributed by atoms with E-state index in [1.165, 1.54) is 6.42 Å². The lowest BCUT2D eigenvalue weighted by atomic mass is 10.1. The van der Waals surface area contributed by atoms with Gasteiger partial charge in [-0.1, -0.05) is 30.5 Å². The number of amides is 1. The van der Waals surface area contributed by atoms with Gasteiger partial charge in [-0.25, -0.2) is 0 Å². The van der Waals surface area contributed by atoms with E-state index in [0.29, 0.717) is 35.2 Å². The number of nitrogens with one attached hydrogen (secondary N) is 2. The van der Waals surface area contributed by atoms with E-state index in [1.54, 1.807) is 42.5 Å². The Kier molecular flexibility index (Phi) is 7.97. The molecule has 0 spiro atoms. The fraction of sp³-hybridized carbons (Fsp3) is 0.391. The molecule has 1 aliphatic heterocycles. The normalized spacial score (nSPS) is 14.6. The summed E-state index contributed by atoms with van der Waals surface area (Å²) in [6, 6.07) is 12.4. The van der Waals surface area contributed by atoms with Crippen LogP contribution in [0.5, 0.6) is 17.2 Å². The van der Waals surface area contributed by atoms with Gasteiger partial charge in [0.1, 0.15) is 12.4 Å². The van der Waals surface area contributed by atoms with Crippen LogP contribution in [0.4, 0.5) is 5.69 Å². The Hall–Kier alpha value is -3.33. The highest BCUT2D eigenvalue weighted by atomic mass is 35.5. The van der Waals surface area contributed by atoms with Gasteiger partial charge >= 0.3 is 0 Å². The lowest BCUT2D eigenvalue weighted by Crippen LogP contribution is -2.24. The average molecular weight is 472 g/mol. The maximum atomic E-state index is 12.8. The molecule has 2 heterocycles. The van der Waals surface area contributed by atoms with E-state index in [2.05, 4.69) is 25.9 Å². The lowest BCUT2D eigenvalue weighted by molar-refractivity contribution is 0.0856. The predicted molar refractivity (Wildman–Crippen MR) is 123 cm³/mol. The van der Waals surface area contributed by atoms with E-state index in [0.717, 1.165) is 37.3 Å². The molecule has 174 valence electrons. The number of carbonyl (C=O) groups is 1. The van der Waals surface area contributed by atoms with Gasteiger partial charge in [0.05, 0.1) is 12.3 Å². The number of hydrogen-bond donors (Lipinski definition) is 2. The quantitative estimate of drug-likeness (QED) is 0.312. The van der Waals surface area contributed by atoms with Crippen molar-refractivity contribution in [2.75, 3.05) is 24.4 Å². The molecule has 10 heteroatoms. The minimum absolute atomic E-state index is 0.249. The van der Waals surface area contributed by atoms with Crippen molar-refractivity contribution in [2.24, 2.45) is 0 Å². The van der Waals surface area contributed by atoms with E-state index in [1.807, 2.05) is 0 Å². The molecule has 33 heavy (non-hydrogen) atoms. The van der Waals surface area contributed by atoms with Gasteiger partial charge in [0, 0.05) is 11.4 Å². The molecular weight excluding hydrogens is 446 g/mol. The molecule has 1 aliphatic rings. The summed E-state index contributed by atoms with van der Waals surface area (Å²) in [5.41, 5.74) is 1.01. The summed E-state index contributed by atoms with van der Waals surface area (Å²) >= 11 is 5.69. The standard InChI is InChI=1S/C23H26ClN5O4/c24-13-4-2-1-3-5-14-31-17-11-9-16(10-12-17)23(30)25-18-7-6-8-19-21(18)33-20(15-32-19)22-26-28-29-27-22/h6-12,20H,1-5,13-15H2,(H,25,30)(H,26,27,28,29). The van der Waals surface area contributed by atoms with Crippen molar-refractivity contribution >= 4 is 23.2 Å². The van der Waals surface area contributed by atoms with E-state index >= 15 is 0 Å². The van der Waals surface area contributed by atoms with Gasteiger partial charge in [-0.3, -0.25) is 4.79 Å². The van der Waals surface area contributed by atoms with Gasteiger partial charge in [-0.05, 0) is 49.2 Å². The van der Waals surface area contributed by atoms with Crippen molar-refractivity contribution in [2.45, 2.75) is 38.2 Å². The molecular formula is C23H26ClN5O4. The predicted octanol–water partition coefficient (Wildman–Crippen LogP) is 4.53. The molecule has 3 aromatic rings. The molecule has 1 atom stereocenters. The second-order valence-corrected chi connectivity index (χ2v) is 7.98. The maximum absolute atomic E-state index is 12.8. The highest BCUT2D eigenvalue weighted by Crippen LogP contribution is 2.41. The van der Waals surface area contributed by atoms with Crippen LogP contribution in [0.1, 0.15) is 54.4 Å². The number of fused-ring (bicyclic) bond motifs is 1. The highest BCUT2D eigenvalue weighted by molar-refractivity contribution is 6.17. The monoisotopic (exact) mass is 471 g/mol. The number of benzene rings is 2. The van der Waals surface area contributed by atoms with Crippen LogP contribution in [0.15, 0.2) is 42.5 Å².